The number of carbonyl (C=O) groups is 2. The van der Waals surface area contributed by atoms with Gasteiger partial charge in [0, 0.05) is 6.42 Å². The van der Waals surface area contributed by atoms with E-state index in [9.17, 15) is 35.9 Å². The standard InChI is InChI=1S/C10H10ClF6NO4/c1-3-6(18-7(19)9(12,13)14)4(2-5(11)21-3)22-8(20)10(15,16)17/h3-6H,2H2,1H3,(H,18,19)/t3-,4-,5?,6+/m0/s1. The minimum absolute atomic E-state index is 0.517. The van der Waals surface area contributed by atoms with Gasteiger partial charge in [-0.25, -0.2) is 4.79 Å². The van der Waals surface area contributed by atoms with Crippen molar-refractivity contribution in [3.05, 3.63) is 0 Å². The molecule has 128 valence electrons. The van der Waals surface area contributed by atoms with Gasteiger partial charge in [0.2, 0.25) is 0 Å². The number of halogens is 7. The van der Waals surface area contributed by atoms with Crippen LogP contribution in [0.15, 0.2) is 0 Å². The molecule has 0 aromatic carbocycles. The summed E-state index contributed by atoms with van der Waals surface area (Å²) in [7, 11) is 0. The van der Waals surface area contributed by atoms with Crippen molar-refractivity contribution in [2.45, 2.75) is 49.5 Å². The normalized spacial score (nSPS) is 29.8. The molecule has 1 saturated heterocycles. The summed E-state index contributed by atoms with van der Waals surface area (Å²) < 4.78 is 82.2. The van der Waals surface area contributed by atoms with E-state index in [1.165, 1.54) is 12.2 Å². The molecule has 22 heavy (non-hydrogen) atoms. The summed E-state index contributed by atoms with van der Waals surface area (Å²) >= 11 is 5.57. The first-order valence-electron chi connectivity index (χ1n) is 5.77. The van der Waals surface area contributed by atoms with Crippen LogP contribution in [0.2, 0.25) is 0 Å². The Bertz CT molecular complexity index is 440. The summed E-state index contributed by atoms with van der Waals surface area (Å²) in [6.07, 6.45) is -14.0. The molecule has 0 spiro atoms. The van der Waals surface area contributed by atoms with Crippen LogP contribution in [-0.4, -0.2) is 48.0 Å². The summed E-state index contributed by atoms with van der Waals surface area (Å²) in [5.41, 5.74) is -1.18. The zero-order valence-electron chi connectivity index (χ0n) is 10.8. The van der Waals surface area contributed by atoms with Gasteiger partial charge in [-0.3, -0.25) is 4.79 Å². The predicted octanol–water partition coefficient (Wildman–Crippen LogP) is 1.88. The number of amides is 1. The SMILES string of the molecule is C[C@@H]1OC(Cl)C[C@H](OC(=O)C(F)(F)F)[C@@H]1NC(=O)C(F)(F)F. The van der Waals surface area contributed by atoms with Crippen LogP contribution in [0.3, 0.4) is 0 Å². The number of esters is 1. The van der Waals surface area contributed by atoms with Crippen LogP contribution < -0.4 is 5.32 Å². The Morgan fingerprint density at radius 2 is 1.73 bits per heavy atom. The fourth-order valence-electron chi connectivity index (χ4n) is 1.77. The number of rotatable bonds is 2. The number of alkyl halides is 7. The molecule has 5 nitrogen and oxygen atoms in total. The molecule has 1 N–H and O–H groups in total. The molecule has 0 saturated carbocycles. The van der Waals surface area contributed by atoms with Gasteiger partial charge in [0.1, 0.15) is 11.7 Å². The average molecular weight is 358 g/mol. The molecular weight excluding hydrogens is 348 g/mol. The molecule has 1 amide bonds. The van der Waals surface area contributed by atoms with E-state index in [2.05, 4.69) is 4.74 Å². The Morgan fingerprint density at radius 3 is 2.18 bits per heavy atom. The predicted molar refractivity (Wildman–Crippen MR) is 58.7 cm³/mol. The third kappa shape index (κ3) is 4.90. The maximum atomic E-state index is 12.2. The lowest BCUT2D eigenvalue weighted by atomic mass is 10.00. The van der Waals surface area contributed by atoms with Crippen molar-refractivity contribution >= 4 is 23.5 Å². The third-order valence-electron chi connectivity index (χ3n) is 2.73. The summed E-state index contributed by atoms with van der Waals surface area (Å²) in [6, 6.07) is -1.63. The molecule has 0 radical (unpaired) electrons. The molecular formula is C10H10ClF6NO4. The van der Waals surface area contributed by atoms with Crippen LogP contribution in [0.25, 0.3) is 0 Å². The van der Waals surface area contributed by atoms with Gasteiger partial charge in [0.25, 0.3) is 0 Å². The van der Waals surface area contributed by atoms with E-state index in [0.717, 1.165) is 0 Å². The fourth-order valence-corrected chi connectivity index (χ4v) is 2.11. The maximum Gasteiger partial charge on any atom is 0.490 e. The number of ether oxygens (including phenoxy) is 2. The second-order valence-electron chi connectivity index (χ2n) is 4.43. The van der Waals surface area contributed by atoms with E-state index in [0.29, 0.717) is 0 Å². The van der Waals surface area contributed by atoms with Crippen LogP contribution in [0.5, 0.6) is 0 Å². The summed E-state index contributed by atoms with van der Waals surface area (Å²) in [6.45, 7) is 1.17. The molecule has 1 aliphatic rings. The van der Waals surface area contributed by atoms with Crippen molar-refractivity contribution in [2.75, 3.05) is 0 Å². The lowest BCUT2D eigenvalue weighted by molar-refractivity contribution is -0.213. The van der Waals surface area contributed by atoms with Crippen LogP contribution in [0, 0.1) is 0 Å². The van der Waals surface area contributed by atoms with E-state index in [4.69, 9.17) is 16.3 Å². The zero-order chi connectivity index (χ0) is 17.3. The number of hydrogen-bond acceptors (Lipinski definition) is 4. The van der Waals surface area contributed by atoms with Crippen LogP contribution in [-0.2, 0) is 19.1 Å². The van der Waals surface area contributed by atoms with Gasteiger partial charge in [-0.15, -0.1) is 0 Å². The first kappa shape index (κ1) is 18.8. The second kappa shape index (κ2) is 6.49. The van der Waals surface area contributed by atoms with Gasteiger partial charge >= 0.3 is 24.2 Å². The molecule has 12 heteroatoms. The minimum atomic E-state index is -5.33. The Labute approximate surface area is 124 Å². The number of nitrogens with one attached hydrogen (secondary N) is 1. The zero-order valence-corrected chi connectivity index (χ0v) is 11.6. The highest BCUT2D eigenvalue weighted by molar-refractivity contribution is 6.19. The van der Waals surface area contributed by atoms with Crippen LogP contribution in [0.1, 0.15) is 13.3 Å². The topological polar surface area (TPSA) is 64.6 Å². The summed E-state index contributed by atoms with van der Waals surface area (Å²) in [5, 5.41) is 1.44. The lowest BCUT2D eigenvalue weighted by Crippen LogP contribution is -2.59. The van der Waals surface area contributed by atoms with E-state index in [-0.39, 0.29) is 0 Å². The lowest BCUT2D eigenvalue weighted by Gasteiger charge is -2.38. The first-order chi connectivity index (χ1) is 9.82. The molecule has 0 aromatic rings. The van der Waals surface area contributed by atoms with Gasteiger partial charge < -0.3 is 14.8 Å². The van der Waals surface area contributed by atoms with E-state index in [1.54, 1.807) is 0 Å². The number of hydrogen-bond donors (Lipinski definition) is 1. The highest BCUT2D eigenvalue weighted by Gasteiger charge is 2.48. The van der Waals surface area contributed by atoms with Crippen molar-refractivity contribution < 1.29 is 45.4 Å². The average Bonchev–Trinajstić information content (AvgIpc) is 2.30. The molecule has 1 heterocycles. The Morgan fingerprint density at radius 1 is 1.18 bits per heavy atom. The summed E-state index contributed by atoms with van der Waals surface area (Å²) in [5.74, 6) is -4.99. The van der Waals surface area contributed by atoms with Crippen LogP contribution in [0.4, 0.5) is 26.3 Å². The maximum absolute atomic E-state index is 12.2. The van der Waals surface area contributed by atoms with Crippen molar-refractivity contribution in [1.29, 1.82) is 0 Å². The van der Waals surface area contributed by atoms with Gasteiger partial charge in [0.15, 0.2) is 0 Å². The molecule has 0 aromatic heterocycles. The molecule has 0 bridgehead atoms. The molecule has 1 fully saturated rings. The van der Waals surface area contributed by atoms with Crippen molar-refractivity contribution in [3.8, 4) is 0 Å². The van der Waals surface area contributed by atoms with Crippen LogP contribution >= 0.6 is 11.6 Å². The van der Waals surface area contributed by atoms with Crippen molar-refractivity contribution in [1.82, 2.24) is 5.32 Å². The molecule has 0 aliphatic carbocycles. The van der Waals surface area contributed by atoms with Gasteiger partial charge in [-0.1, -0.05) is 11.6 Å². The Kier molecular flexibility index (Phi) is 5.55. The highest BCUT2D eigenvalue weighted by Crippen LogP contribution is 2.28. The third-order valence-corrected chi connectivity index (χ3v) is 3.01. The van der Waals surface area contributed by atoms with Gasteiger partial charge in [0.05, 0.1) is 12.1 Å². The monoisotopic (exact) mass is 357 g/mol. The quantitative estimate of drug-likeness (QED) is 0.465. The molecule has 1 rings (SSSR count). The first-order valence-corrected chi connectivity index (χ1v) is 6.21. The van der Waals surface area contributed by atoms with E-state index < -0.39 is 54.5 Å². The second-order valence-corrected chi connectivity index (χ2v) is 4.91. The van der Waals surface area contributed by atoms with E-state index in [1.807, 2.05) is 0 Å². The minimum Gasteiger partial charge on any atom is -0.453 e. The molecule has 4 atom stereocenters. The van der Waals surface area contributed by atoms with Gasteiger partial charge in [-0.2, -0.15) is 26.3 Å². The van der Waals surface area contributed by atoms with Crippen molar-refractivity contribution in [2.24, 2.45) is 0 Å². The summed E-state index contributed by atoms with van der Waals surface area (Å²) in [4.78, 5) is 21.7. The molecule has 1 aliphatic heterocycles. The Hall–Kier alpha value is -1.23. The smallest absolute Gasteiger partial charge is 0.453 e. The van der Waals surface area contributed by atoms with Gasteiger partial charge in [-0.05, 0) is 6.92 Å². The largest absolute Gasteiger partial charge is 0.490 e. The van der Waals surface area contributed by atoms with Crippen molar-refractivity contribution in [3.63, 3.8) is 0 Å². The fraction of sp³-hybridized carbons (Fsp3) is 0.800. The Balaban J connectivity index is 2.88. The molecule has 1 unspecified atom stereocenters. The number of carbonyl (C=O) groups excluding carboxylic acids is 2. The highest BCUT2D eigenvalue weighted by atomic mass is 35.5. The van der Waals surface area contributed by atoms with E-state index >= 15 is 0 Å².